The predicted molar refractivity (Wildman–Crippen MR) is 87.6 cm³/mol. The molecule has 124 valence electrons. The SMILES string of the molecule is BNC1=NC(c2cc(C(=O)N[C@@H](C)COC)ccc2F)CCO1. The number of carbonyl (C=O) groups excluding carboxylic acids is 1. The average Bonchev–Trinajstić information content (AvgIpc) is 2.55. The van der Waals surface area contributed by atoms with Crippen molar-refractivity contribution in [1.29, 1.82) is 0 Å². The van der Waals surface area contributed by atoms with Crippen molar-refractivity contribution in [3.8, 4) is 0 Å². The molecule has 6 nitrogen and oxygen atoms in total. The Morgan fingerprint density at radius 3 is 3.09 bits per heavy atom. The van der Waals surface area contributed by atoms with E-state index in [9.17, 15) is 9.18 Å². The molecule has 0 bridgehead atoms. The van der Waals surface area contributed by atoms with Crippen molar-refractivity contribution in [3.63, 3.8) is 0 Å². The number of amidine groups is 1. The van der Waals surface area contributed by atoms with Crippen molar-refractivity contribution in [1.82, 2.24) is 10.5 Å². The Hall–Kier alpha value is -2.09. The number of ether oxygens (including phenoxy) is 2. The fourth-order valence-electron chi connectivity index (χ4n) is 2.41. The van der Waals surface area contributed by atoms with E-state index in [1.807, 2.05) is 6.92 Å². The van der Waals surface area contributed by atoms with Crippen molar-refractivity contribution >= 4 is 19.9 Å². The van der Waals surface area contributed by atoms with E-state index in [1.165, 1.54) is 12.1 Å². The summed E-state index contributed by atoms with van der Waals surface area (Å²) in [4.78, 5) is 16.5. The van der Waals surface area contributed by atoms with Crippen LogP contribution in [0.15, 0.2) is 23.2 Å². The molecule has 0 saturated heterocycles. The molecule has 0 saturated carbocycles. The molecule has 1 aliphatic heterocycles. The lowest BCUT2D eigenvalue weighted by Crippen LogP contribution is -2.35. The molecule has 0 aromatic heterocycles. The minimum atomic E-state index is -0.377. The Morgan fingerprint density at radius 2 is 2.39 bits per heavy atom. The molecular weight excluding hydrogens is 300 g/mol. The van der Waals surface area contributed by atoms with Gasteiger partial charge in [0.05, 0.1) is 19.3 Å². The summed E-state index contributed by atoms with van der Waals surface area (Å²) >= 11 is 0. The van der Waals surface area contributed by atoms with Gasteiger partial charge in [0.2, 0.25) is 7.98 Å². The minimum Gasteiger partial charge on any atom is -0.466 e. The Bertz CT molecular complexity index is 597. The lowest BCUT2D eigenvalue weighted by molar-refractivity contribution is 0.0905. The number of benzene rings is 1. The van der Waals surface area contributed by atoms with Gasteiger partial charge in [0, 0.05) is 30.7 Å². The highest BCUT2D eigenvalue weighted by atomic mass is 19.1. The van der Waals surface area contributed by atoms with Crippen molar-refractivity contribution in [3.05, 3.63) is 35.1 Å². The van der Waals surface area contributed by atoms with Gasteiger partial charge >= 0.3 is 0 Å². The molecule has 2 rings (SSSR count). The molecule has 0 aliphatic carbocycles. The second-order valence-corrected chi connectivity index (χ2v) is 5.40. The third-order valence-electron chi connectivity index (χ3n) is 3.53. The zero-order valence-electron chi connectivity index (χ0n) is 13.6. The van der Waals surface area contributed by atoms with Crippen LogP contribution in [-0.2, 0) is 9.47 Å². The molecule has 1 amide bonds. The topological polar surface area (TPSA) is 72.0 Å². The Balaban J connectivity index is 2.20. The van der Waals surface area contributed by atoms with E-state index < -0.39 is 0 Å². The van der Waals surface area contributed by atoms with Crippen molar-refractivity contribution in [2.24, 2.45) is 4.99 Å². The number of aliphatic imine (C=N–C) groups is 1. The van der Waals surface area contributed by atoms with Crippen LogP contribution < -0.4 is 10.5 Å². The zero-order chi connectivity index (χ0) is 16.8. The highest BCUT2D eigenvalue weighted by Gasteiger charge is 2.22. The summed E-state index contributed by atoms with van der Waals surface area (Å²) in [6, 6.07) is 4.21. The van der Waals surface area contributed by atoms with Crippen LogP contribution in [0.5, 0.6) is 0 Å². The maximum atomic E-state index is 14.1. The maximum Gasteiger partial charge on any atom is 0.272 e. The summed E-state index contributed by atoms with van der Waals surface area (Å²) in [5, 5.41) is 5.62. The summed E-state index contributed by atoms with van der Waals surface area (Å²) in [6.07, 6.45) is 0.563. The first-order valence-corrected chi connectivity index (χ1v) is 7.52. The molecule has 2 N–H and O–H groups in total. The molecule has 0 radical (unpaired) electrons. The number of amides is 1. The molecule has 2 atom stereocenters. The monoisotopic (exact) mass is 321 g/mol. The number of hydrogen-bond acceptors (Lipinski definition) is 5. The van der Waals surface area contributed by atoms with Gasteiger partial charge in [0.1, 0.15) is 5.82 Å². The Kier molecular flexibility index (Phi) is 5.98. The maximum absolute atomic E-state index is 14.1. The number of halogens is 1. The summed E-state index contributed by atoms with van der Waals surface area (Å²) in [6.45, 7) is 2.70. The molecule has 1 aromatic carbocycles. The summed E-state index contributed by atoms with van der Waals surface area (Å²) < 4.78 is 24.4. The number of hydrogen-bond donors (Lipinski definition) is 2. The van der Waals surface area contributed by atoms with Gasteiger partial charge < -0.3 is 20.0 Å². The molecule has 0 fully saturated rings. The standard InChI is InChI=1S/C15H21BFN3O3/c1-9(8-22-2)18-14(21)10-3-4-12(17)11(7-10)13-5-6-23-15(19-13)20-16/h3-4,7,9,13H,5-6,8,16H2,1-2H3,(H,18,21)(H,19,20)/t9-,13?/m0/s1. The molecular formula is C15H21BFN3O3. The summed E-state index contributed by atoms with van der Waals surface area (Å²) in [7, 11) is 3.26. The Morgan fingerprint density at radius 1 is 1.61 bits per heavy atom. The first kappa shape index (κ1) is 17.3. The fraction of sp³-hybridized carbons (Fsp3) is 0.467. The minimum absolute atomic E-state index is 0.127. The van der Waals surface area contributed by atoms with Gasteiger partial charge in [0.25, 0.3) is 11.9 Å². The van der Waals surface area contributed by atoms with Crippen LogP contribution in [0.1, 0.15) is 35.3 Å². The molecule has 1 unspecified atom stereocenters. The van der Waals surface area contributed by atoms with Crippen LogP contribution in [0.4, 0.5) is 4.39 Å². The molecule has 23 heavy (non-hydrogen) atoms. The summed E-state index contributed by atoms with van der Waals surface area (Å²) in [5.74, 6) is -0.640. The van der Waals surface area contributed by atoms with Gasteiger partial charge in [-0.3, -0.25) is 4.79 Å². The quantitative estimate of drug-likeness (QED) is 0.777. The van der Waals surface area contributed by atoms with E-state index >= 15 is 0 Å². The first-order valence-electron chi connectivity index (χ1n) is 7.52. The Labute approximate surface area is 135 Å². The van der Waals surface area contributed by atoms with Gasteiger partial charge in [-0.05, 0) is 25.1 Å². The van der Waals surface area contributed by atoms with Gasteiger partial charge in [0.15, 0.2) is 0 Å². The number of nitrogens with one attached hydrogen (secondary N) is 2. The van der Waals surface area contributed by atoms with Gasteiger partial charge in [-0.15, -0.1) is 0 Å². The normalized spacial score (nSPS) is 18.6. The fourth-order valence-corrected chi connectivity index (χ4v) is 2.41. The third-order valence-corrected chi connectivity index (χ3v) is 3.53. The highest BCUT2D eigenvalue weighted by molar-refractivity contribution is 6.13. The highest BCUT2D eigenvalue weighted by Crippen LogP contribution is 2.27. The third kappa shape index (κ3) is 4.45. The summed E-state index contributed by atoms with van der Waals surface area (Å²) in [5.41, 5.74) is 0.796. The lowest BCUT2D eigenvalue weighted by Gasteiger charge is -2.22. The molecule has 1 heterocycles. The van der Waals surface area contributed by atoms with Gasteiger partial charge in [-0.25, -0.2) is 9.38 Å². The molecule has 0 spiro atoms. The van der Waals surface area contributed by atoms with Crippen LogP contribution in [0.25, 0.3) is 0 Å². The smallest absolute Gasteiger partial charge is 0.272 e. The van der Waals surface area contributed by atoms with Crippen LogP contribution in [-0.4, -0.2) is 46.3 Å². The van der Waals surface area contributed by atoms with Crippen molar-refractivity contribution in [2.45, 2.75) is 25.4 Å². The van der Waals surface area contributed by atoms with E-state index in [-0.39, 0.29) is 23.8 Å². The predicted octanol–water partition coefficient (Wildman–Crippen LogP) is 0.545. The van der Waals surface area contributed by atoms with E-state index in [2.05, 4.69) is 15.5 Å². The van der Waals surface area contributed by atoms with E-state index in [0.29, 0.717) is 36.8 Å². The largest absolute Gasteiger partial charge is 0.466 e. The number of methoxy groups -OCH3 is 1. The second kappa shape index (κ2) is 7.96. The first-order chi connectivity index (χ1) is 11.0. The van der Waals surface area contributed by atoms with Crippen LogP contribution in [0, 0.1) is 5.82 Å². The van der Waals surface area contributed by atoms with Crippen LogP contribution in [0.2, 0.25) is 0 Å². The molecule has 1 aromatic rings. The van der Waals surface area contributed by atoms with E-state index in [1.54, 1.807) is 21.2 Å². The second-order valence-electron chi connectivity index (χ2n) is 5.40. The van der Waals surface area contributed by atoms with Crippen LogP contribution >= 0.6 is 0 Å². The van der Waals surface area contributed by atoms with E-state index in [0.717, 1.165) is 0 Å². The number of rotatable bonds is 5. The van der Waals surface area contributed by atoms with E-state index in [4.69, 9.17) is 9.47 Å². The average molecular weight is 321 g/mol. The van der Waals surface area contributed by atoms with Crippen LogP contribution in [0.3, 0.4) is 0 Å². The van der Waals surface area contributed by atoms with Crippen molar-refractivity contribution < 1.29 is 18.7 Å². The number of carbonyl (C=O) groups is 1. The lowest BCUT2D eigenvalue weighted by atomic mass is 10.0. The molecule has 8 heteroatoms. The van der Waals surface area contributed by atoms with Gasteiger partial charge in [-0.2, -0.15) is 0 Å². The van der Waals surface area contributed by atoms with Crippen molar-refractivity contribution in [2.75, 3.05) is 20.3 Å². The zero-order valence-corrected chi connectivity index (χ0v) is 13.6. The number of nitrogens with zero attached hydrogens (tertiary/aromatic N) is 1. The molecule has 1 aliphatic rings. The van der Waals surface area contributed by atoms with Gasteiger partial charge in [-0.1, -0.05) is 0 Å².